The largest absolute Gasteiger partial charge is 0.437 e. The van der Waals surface area contributed by atoms with Gasteiger partial charge in [0.05, 0.1) is 13.2 Å². The number of nitrogens with one attached hydrogen (secondary N) is 2. The van der Waals surface area contributed by atoms with E-state index in [-0.39, 0.29) is 26.2 Å². The highest BCUT2D eigenvalue weighted by atomic mass is 31.2. The molecule has 0 saturated carbocycles. The van der Waals surface area contributed by atoms with Crippen molar-refractivity contribution in [2.75, 3.05) is 26.8 Å². The second kappa shape index (κ2) is 11.8. The van der Waals surface area contributed by atoms with Gasteiger partial charge in [-0.15, -0.1) is 0 Å². The number of amides is 2. The number of aromatic nitrogens is 2. The lowest BCUT2D eigenvalue weighted by molar-refractivity contribution is -0.143. The van der Waals surface area contributed by atoms with Crippen LogP contribution in [-0.4, -0.2) is 92.6 Å². The zero-order valence-electron chi connectivity index (χ0n) is 18.8. The van der Waals surface area contributed by atoms with E-state index in [1.807, 2.05) is 4.98 Å². The number of ether oxygens (including phenoxy) is 1. The maximum Gasteiger partial charge on any atom is 0.437 e. The Labute approximate surface area is 193 Å². The van der Waals surface area contributed by atoms with Gasteiger partial charge in [0.2, 0.25) is 5.91 Å². The van der Waals surface area contributed by atoms with E-state index < -0.39 is 61.5 Å². The molecule has 1 unspecified atom stereocenters. The third-order valence-corrected chi connectivity index (χ3v) is 7.06. The monoisotopic (exact) mass is 508 g/mol. The summed E-state index contributed by atoms with van der Waals surface area (Å²) in [7, 11) is -2.60. The molecule has 192 valence electrons. The Morgan fingerprint density at radius 2 is 1.88 bits per heavy atom. The van der Waals surface area contributed by atoms with Gasteiger partial charge in [0.15, 0.2) is 12.3 Å². The zero-order chi connectivity index (χ0) is 25.6. The van der Waals surface area contributed by atoms with Crippen LogP contribution in [0.5, 0.6) is 0 Å². The van der Waals surface area contributed by atoms with Crippen LogP contribution in [0.4, 0.5) is 0 Å². The van der Waals surface area contributed by atoms with Crippen molar-refractivity contribution in [3.05, 3.63) is 33.1 Å². The number of nitrogens with zero attached hydrogens (tertiary/aromatic N) is 2. The number of carbonyl (C=O) groups is 2. The van der Waals surface area contributed by atoms with E-state index in [1.165, 1.54) is 7.05 Å². The van der Waals surface area contributed by atoms with E-state index in [9.17, 15) is 39.1 Å². The topological polar surface area (TPSA) is 210 Å². The fraction of sp³-hybridized carbons (Fsp3) is 0.667. The van der Waals surface area contributed by atoms with Gasteiger partial charge in [0.1, 0.15) is 18.3 Å². The van der Waals surface area contributed by atoms with Gasteiger partial charge in [-0.3, -0.25) is 37.7 Å². The van der Waals surface area contributed by atoms with Crippen LogP contribution in [0.15, 0.2) is 21.9 Å². The molecule has 5 atom stereocenters. The van der Waals surface area contributed by atoms with Gasteiger partial charge >= 0.3 is 13.4 Å². The van der Waals surface area contributed by atoms with E-state index in [2.05, 4.69) is 5.32 Å². The first-order valence-electron chi connectivity index (χ1n) is 10.4. The summed E-state index contributed by atoms with van der Waals surface area (Å²) in [5.41, 5.74) is -1.62. The fourth-order valence-electron chi connectivity index (χ4n) is 3.19. The van der Waals surface area contributed by atoms with Crippen LogP contribution in [0.3, 0.4) is 0 Å². The number of aromatic amines is 1. The van der Waals surface area contributed by atoms with E-state index in [1.54, 1.807) is 13.8 Å². The van der Waals surface area contributed by atoms with Crippen molar-refractivity contribution >= 4 is 19.6 Å². The van der Waals surface area contributed by atoms with E-state index in [4.69, 9.17) is 13.8 Å². The Morgan fingerprint density at radius 1 is 1.26 bits per heavy atom. The van der Waals surface area contributed by atoms with E-state index in [0.717, 1.165) is 21.5 Å². The van der Waals surface area contributed by atoms with Gasteiger partial charge in [0, 0.05) is 32.3 Å². The number of carbonyl (C=O) groups excluding carboxylic acids is 2. The average molecular weight is 508 g/mol. The quantitative estimate of drug-likeness (QED) is 0.200. The lowest BCUT2D eigenvalue weighted by Crippen LogP contribution is -2.48. The maximum absolute atomic E-state index is 12.6. The standard InChI is InChI=1S/C18H29N4O11P/c1-4-31-34(30,32-5-2)21(3)11(24)6-8-19-16(28)14(27)15-12(25)13(26)17(33-15)22-9-7-10(23)20-18(22)29/h7,9,12-15,17,25-27H,4-6,8H2,1-3H3,(H,19,28)(H,20,23,29)/t12-,13+,14?,15-,17+/m0/s1. The minimum absolute atomic E-state index is 0.0412. The number of aliphatic hydroxyl groups is 3. The van der Waals surface area contributed by atoms with Gasteiger partial charge < -0.3 is 25.4 Å². The van der Waals surface area contributed by atoms with Crippen LogP contribution in [0.25, 0.3) is 0 Å². The molecule has 0 spiro atoms. The molecule has 34 heavy (non-hydrogen) atoms. The molecule has 15 nitrogen and oxygen atoms in total. The summed E-state index contributed by atoms with van der Waals surface area (Å²) in [6, 6.07) is 0.990. The van der Waals surface area contributed by atoms with Crippen molar-refractivity contribution in [2.24, 2.45) is 0 Å². The van der Waals surface area contributed by atoms with Crippen molar-refractivity contribution < 1.29 is 43.3 Å². The molecule has 1 saturated heterocycles. The average Bonchev–Trinajstić information content (AvgIpc) is 3.07. The zero-order valence-corrected chi connectivity index (χ0v) is 19.7. The minimum Gasteiger partial charge on any atom is -0.387 e. The Kier molecular flexibility index (Phi) is 9.70. The second-order valence-electron chi connectivity index (χ2n) is 7.20. The molecule has 5 N–H and O–H groups in total. The van der Waals surface area contributed by atoms with Gasteiger partial charge in [-0.1, -0.05) is 0 Å². The van der Waals surface area contributed by atoms with Crippen molar-refractivity contribution in [1.29, 1.82) is 0 Å². The minimum atomic E-state index is -3.83. The first-order chi connectivity index (χ1) is 16.0. The summed E-state index contributed by atoms with van der Waals surface area (Å²) in [4.78, 5) is 49.7. The Hall–Kier alpha value is -2.39. The van der Waals surface area contributed by atoms with Crippen molar-refractivity contribution in [3.8, 4) is 0 Å². The van der Waals surface area contributed by atoms with Gasteiger partial charge in [0.25, 0.3) is 11.5 Å². The third kappa shape index (κ3) is 6.18. The van der Waals surface area contributed by atoms with Gasteiger partial charge in [-0.2, -0.15) is 0 Å². The highest BCUT2D eigenvalue weighted by Gasteiger charge is 2.49. The molecule has 1 aliphatic rings. The van der Waals surface area contributed by atoms with E-state index >= 15 is 0 Å². The number of H-pyrrole nitrogens is 1. The maximum atomic E-state index is 12.6. The molecule has 0 aromatic carbocycles. The molecule has 1 aliphatic heterocycles. The number of rotatable bonds is 11. The first-order valence-corrected chi connectivity index (χ1v) is 11.9. The molecule has 0 aliphatic carbocycles. The Morgan fingerprint density at radius 3 is 2.44 bits per heavy atom. The van der Waals surface area contributed by atoms with Crippen molar-refractivity contribution in [3.63, 3.8) is 0 Å². The smallest absolute Gasteiger partial charge is 0.387 e. The molecule has 2 amide bonds. The van der Waals surface area contributed by atoms with Crippen LogP contribution in [0.2, 0.25) is 0 Å². The predicted octanol–water partition coefficient (Wildman–Crippen LogP) is -2.34. The summed E-state index contributed by atoms with van der Waals surface area (Å²) in [6.07, 6.45) is -7.80. The molecular weight excluding hydrogens is 479 g/mol. The summed E-state index contributed by atoms with van der Waals surface area (Å²) in [5.74, 6) is -1.69. The van der Waals surface area contributed by atoms with Crippen LogP contribution < -0.4 is 16.6 Å². The molecule has 1 fully saturated rings. The normalized spacial score (nSPS) is 23.5. The summed E-state index contributed by atoms with van der Waals surface area (Å²) in [6.45, 7) is 2.98. The third-order valence-electron chi connectivity index (χ3n) is 4.93. The molecule has 1 aromatic heterocycles. The van der Waals surface area contributed by atoms with Gasteiger partial charge in [-0.25, -0.2) is 9.36 Å². The summed E-state index contributed by atoms with van der Waals surface area (Å²) >= 11 is 0. The number of hydrogen-bond donors (Lipinski definition) is 5. The van der Waals surface area contributed by atoms with Crippen LogP contribution in [0, 0.1) is 0 Å². The lowest BCUT2D eigenvalue weighted by Gasteiger charge is -2.26. The molecule has 0 radical (unpaired) electrons. The number of hydrogen-bond acceptors (Lipinski definition) is 11. The van der Waals surface area contributed by atoms with E-state index in [0.29, 0.717) is 0 Å². The predicted molar refractivity (Wildman–Crippen MR) is 115 cm³/mol. The van der Waals surface area contributed by atoms with Crippen molar-refractivity contribution in [2.45, 2.75) is 50.9 Å². The molecule has 0 bridgehead atoms. The Balaban J connectivity index is 1.96. The second-order valence-corrected chi connectivity index (χ2v) is 9.25. The lowest BCUT2D eigenvalue weighted by atomic mass is 10.0. The highest BCUT2D eigenvalue weighted by Crippen LogP contribution is 2.51. The van der Waals surface area contributed by atoms with Crippen molar-refractivity contribution in [1.82, 2.24) is 19.5 Å². The molecule has 2 heterocycles. The van der Waals surface area contributed by atoms with Crippen LogP contribution in [-0.2, 0) is 27.9 Å². The SMILES string of the molecule is CCOP(=O)(OCC)N(C)C(=O)CCNC(=O)C(O)[C@H]1O[C@@H](n2ccc(=O)[nH]c2=O)[C@H](O)[C@@H]1O. The number of aliphatic hydroxyl groups excluding tert-OH is 3. The first kappa shape index (κ1) is 27.9. The van der Waals surface area contributed by atoms with Gasteiger partial charge in [-0.05, 0) is 13.8 Å². The molecule has 2 rings (SSSR count). The molecule has 16 heteroatoms. The van der Waals surface area contributed by atoms with Crippen LogP contribution in [0.1, 0.15) is 26.5 Å². The fourth-order valence-corrected chi connectivity index (χ4v) is 4.63. The molecule has 1 aromatic rings. The summed E-state index contributed by atoms with van der Waals surface area (Å²) < 4.78 is 29.7. The van der Waals surface area contributed by atoms with Crippen LogP contribution >= 0.6 is 7.75 Å². The molecular formula is C18H29N4O11P. The highest BCUT2D eigenvalue weighted by molar-refractivity contribution is 7.52. The summed E-state index contributed by atoms with van der Waals surface area (Å²) in [5, 5.41) is 33.0. The Bertz CT molecular complexity index is 1020.